The summed E-state index contributed by atoms with van der Waals surface area (Å²) in [6, 6.07) is 0. The van der Waals surface area contributed by atoms with Gasteiger partial charge in [0.1, 0.15) is 71.8 Å². The predicted octanol–water partition coefficient (Wildman–Crippen LogP) is 7.29. The van der Waals surface area contributed by atoms with E-state index in [1.165, 1.54) is 39.3 Å². The SMILES string of the molecule is CC(C)[Si](O)(O[Si](O[C@H]1[C@H]2OP(=O)(O)OC[C@H]3OC(n4cnc5c(=O)[nH]c(N)nc54)[C@H](F)[C@@H]3OP(=O)(O)OC[C@H]1O[C@H]2n1cc(F)c2c(=O)[nH]cnc21)(C(C)C)C(C)C)C(C)C.CCN(CC)CC.CCN(CC)CC.CCO[Si](C)(C)C.Nc1nc2c(ncn2C2O[C@@H]3COP(=O)(O)O[C@@H]4[C@H](O)[C@@H](COP(=O)(O)O[C@H]3[C@H]2F)O[C@H]4n2cc(F)c3c(=O)[nH]cnc32)c(=O)[nH]1. The average molecular weight is 1970 g/mol. The standard InChI is InChI=1S/C33H50F2N8O15P2Si2.C21H22F2N8O13P2.2C6H15N.C5H14OSi/c1-14(2)61(50,15(3)4)58-62(16(5)6,17(7)8)57-25-20-11-52-59(46,47)55-24-19(53-31(22(24)35)43-13-39-23-28(43)40-33(36)41-30(23)45)10-51-60(48,49)56-26(25)32(54-20)42-9-18(34)21-27(42)37-12-38-29(21)44;22-6-1-30(15-9(6)17(33)26-4-25-15)20-14-12(32)7(41-20)2-39-45(35,36)43-13-8(3-40-46(37,38)44-14)42-19(10(13)23)31-5-27-11-16(31)28-21(24)29-18(11)34;2*1-4-7(5-2)6-3;1-5-6-7(2,3)4/h9,12-17,19-20,22,24-26,31-32,50H,10-11H2,1-8H3,(H,46,47)(H,48,49)(H,37,38,44)(H3,36,40,41,45);1,4-5,7-8,10,12-14,19-20,32H,2-3H2,(H,35,36)(H,37,38)(H,25,26,33)(H3,24,28,29,34);2*4-6H2,1-3H3;5H2,1-4H3/t19-,20-,22-,24-,25-,26-,31?,32-;7-,8-,10-,12-,13-,14-,19?,20-;;;/m11.../s1. The molecule has 0 aliphatic carbocycles. The molecular weight excluding hydrogens is 1850 g/mol. The molecule has 6 saturated heterocycles. The van der Waals surface area contributed by atoms with Gasteiger partial charge < -0.3 is 102 Å². The molecule has 20 atom stereocenters. The summed E-state index contributed by atoms with van der Waals surface area (Å²) in [7, 11) is -29.9. The van der Waals surface area contributed by atoms with Crippen molar-refractivity contribution in [3.63, 3.8) is 0 Å². The summed E-state index contributed by atoms with van der Waals surface area (Å²) in [6.07, 6.45) is -23.7. The molecule has 129 heavy (non-hydrogen) atoms. The van der Waals surface area contributed by atoms with E-state index in [-0.39, 0.29) is 56.6 Å². The van der Waals surface area contributed by atoms with Crippen molar-refractivity contribution in [2.24, 2.45) is 0 Å². The summed E-state index contributed by atoms with van der Waals surface area (Å²) in [5, 5.41) is 9.95. The zero-order valence-electron chi connectivity index (χ0n) is 74.2. The number of aromatic amines is 4. The maximum Gasteiger partial charge on any atom is 0.472 e. The van der Waals surface area contributed by atoms with Gasteiger partial charge in [-0.2, -0.15) is 9.97 Å². The number of aliphatic hydroxyl groups excluding tert-OH is 1. The van der Waals surface area contributed by atoms with Gasteiger partial charge in [0.15, 0.2) is 90.8 Å². The Morgan fingerprint density at radius 3 is 1.20 bits per heavy atom. The first kappa shape index (κ1) is 105. The van der Waals surface area contributed by atoms with Crippen LogP contribution in [0, 0.1) is 11.6 Å². The van der Waals surface area contributed by atoms with Gasteiger partial charge in [-0.1, -0.05) is 96.9 Å². The van der Waals surface area contributed by atoms with Crippen LogP contribution in [0.5, 0.6) is 0 Å². The van der Waals surface area contributed by atoms with E-state index in [0.717, 1.165) is 62.6 Å². The number of hydrogen-bond acceptors (Lipinski definition) is 35. The zero-order valence-corrected chi connectivity index (χ0v) is 80.8. The molecule has 0 spiro atoms. The number of hydrogen-bond donors (Lipinski definition) is 12. The third kappa shape index (κ3) is 23.7. The fraction of sp³-hybridized carbons (Fsp3) is 0.690. The summed E-state index contributed by atoms with van der Waals surface area (Å²) in [4.78, 5) is 143. The molecule has 14 heterocycles. The molecule has 8 aromatic rings. The first-order valence-electron chi connectivity index (χ1n) is 41.7. The van der Waals surface area contributed by atoms with Crippen LogP contribution in [0.15, 0.2) is 56.9 Å². The van der Waals surface area contributed by atoms with Crippen LogP contribution >= 0.6 is 31.3 Å². The van der Waals surface area contributed by atoms with Crippen LogP contribution in [-0.2, 0) is 86.4 Å². The van der Waals surface area contributed by atoms with Crippen LogP contribution in [-0.4, -0.2) is 279 Å². The molecule has 6 unspecified atom stereocenters. The lowest BCUT2D eigenvalue weighted by Crippen LogP contribution is -2.62. The maximum absolute atomic E-state index is 16.5. The molecule has 4 bridgehead atoms. The monoisotopic (exact) mass is 1970 g/mol. The van der Waals surface area contributed by atoms with Gasteiger partial charge in [-0.15, -0.1) is 0 Å². The molecule has 724 valence electrons. The third-order valence-corrected chi connectivity index (χ3v) is 36.9. The molecule has 8 aromatic heterocycles. The highest BCUT2D eigenvalue weighted by atomic mass is 31.2. The van der Waals surface area contributed by atoms with Gasteiger partial charge in [-0.3, -0.25) is 74.5 Å². The first-order chi connectivity index (χ1) is 60.4. The van der Waals surface area contributed by atoms with E-state index in [2.05, 4.69) is 121 Å². The predicted molar refractivity (Wildman–Crippen MR) is 462 cm³/mol. The summed E-state index contributed by atoms with van der Waals surface area (Å²) in [6.45, 7) is 40.4. The van der Waals surface area contributed by atoms with Crippen molar-refractivity contribution in [1.82, 2.24) is 77.9 Å². The minimum absolute atomic E-state index is 0.220. The number of rotatable bonds is 20. The van der Waals surface area contributed by atoms with Crippen LogP contribution in [0.4, 0.5) is 29.5 Å². The quantitative estimate of drug-likeness (QED) is 0.0202. The Morgan fingerprint density at radius 1 is 0.504 bits per heavy atom. The van der Waals surface area contributed by atoms with Crippen LogP contribution in [0.3, 0.4) is 0 Å². The Balaban J connectivity index is 0.000000224. The van der Waals surface area contributed by atoms with Gasteiger partial charge in [0.2, 0.25) is 11.9 Å². The van der Waals surface area contributed by atoms with E-state index in [0.29, 0.717) is 0 Å². The molecule has 58 heteroatoms. The lowest BCUT2D eigenvalue weighted by molar-refractivity contribution is -0.0671. The highest BCUT2D eigenvalue weighted by Crippen LogP contribution is 2.58. The Morgan fingerprint density at radius 2 is 0.853 bits per heavy atom. The lowest BCUT2D eigenvalue weighted by Gasteiger charge is -2.47. The number of fused-ring (bicyclic) bond motifs is 10. The summed E-state index contributed by atoms with van der Waals surface area (Å²) < 4.78 is 206. The Kier molecular flexibility index (Phi) is 34.5. The number of ether oxygens (including phenoxy) is 4. The largest absolute Gasteiger partial charge is 0.472 e. The van der Waals surface area contributed by atoms with Crippen molar-refractivity contribution in [3.8, 4) is 0 Å². The van der Waals surface area contributed by atoms with E-state index in [1.807, 2.05) is 62.3 Å². The average Bonchev–Trinajstić information content (AvgIpc) is 1.54. The van der Waals surface area contributed by atoms with Crippen LogP contribution < -0.4 is 33.7 Å². The second-order valence-corrected chi connectivity index (χ2v) is 51.5. The lowest BCUT2D eigenvalue weighted by atomic mass is 10.1. The van der Waals surface area contributed by atoms with Crippen molar-refractivity contribution >= 4 is 113 Å². The highest BCUT2D eigenvalue weighted by Gasteiger charge is 2.62. The number of H-pyrrole nitrogens is 4. The molecule has 47 nitrogen and oxygen atoms in total. The number of nitrogen functional groups attached to an aromatic ring is 2. The number of aromatic nitrogens is 14. The van der Waals surface area contributed by atoms with Crippen molar-refractivity contribution in [2.45, 2.75) is 244 Å². The maximum atomic E-state index is 16.5. The van der Waals surface area contributed by atoms with Gasteiger partial charge in [0.05, 0.1) is 51.7 Å². The van der Waals surface area contributed by atoms with Gasteiger partial charge in [0.25, 0.3) is 22.2 Å². The molecule has 0 radical (unpaired) electrons. The molecular formula is C71H116F4N18O29P4Si3. The normalized spacial score (nSPS) is 30.2. The van der Waals surface area contributed by atoms with Crippen molar-refractivity contribution in [2.75, 3.05) is 83.8 Å². The van der Waals surface area contributed by atoms with E-state index < -0.39 is 237 Å². The third-order valence-electron chi connectivity index (χ3n) is 22.1. The number of anilines is 2. The number of imidazole rings is 2. The zero-order chi connectivity index (χ0) is 95.4. The number of phosphoric acid groups is 4. The van der Waals surface area contributed by atoms with E-state index in [1.54, 1.807) is 0 Å². The molecule has 0 amide bonds. The number of phosphoric ester groups is 4. The Labute approximate surface area is 739 Å². The van der Waals surface area contributed by atoms with E-state index in [4.69, 9.17) is 79.6 Å². The fourth-order valence-electron chi connectivity index (χ4n) is 15.4. The smallest absolute Gasteiger partial charge is 0.418 e. The topological polar surface area (TPSA) is 615 Å². The molecule has 6 aliphatic rings. The van der Waals surface area contributed by atoms with Gasteiger partial charge in [-0.05, 0) is 88.0 Å². The first-order valence-corrected chi connectivity index (χ1v) is 55.1. The minimum atomic E-state index is -5.42. The number of aliphatic hydroxyl groups is 1. The van der Waals surface area contributed by atoms with Crippen molar-refractivity contribution in [1.29, 1.82) is 0 Å². The van der Waals surface area contributed by atoms with Gasteiger partial charge in [0, 0.05) is 19.0 Å². The van der Waals surface area contributed by atoms with Crippen molar-refractivity contribution < 1.29 is 133 Å². The molecule has 6 aliphatic heterocycles. The summed E-state index contributed by atoms with van der Waals surface area (Å²) in [5.41, 5.74) is 4.98. The van der Waals surface area contributed by atoms with E-state index >= 15 is 13.2 Å². The van der Waals surface area contributed by atoms with E-state index in [9.17, 15) is 71.3 Å². The number of nitrogens with one attached hydrogen (secondary N) is 4. The molecule has 14 N–H and O–H groups in total. The Hall–Kier alpha value is -6.49. The molecule has 0 aromatic carbocycles. The second-order valence-electron chi connectivity index (χ2n) is 32.7. The fourth-order valence-corrected chi connectivity index (χ4v) is 29.9. The van der Waals surface area contributed by atoms with Gasteiger partial charge in [-0.25, -0.2) is 55.8 Å². The second kappa shape index (κ2) is 42.6. The summed E-state index contributed by atoms with van der Waals surface area (Å²) >= 11 is 0. The molecule has 6 fully saturated rings. The number of alkyl halides is 2. The van der Waals surface area contributed by atoms with Crippen LogP contribution in [0.25, 0.3) is 44.4 Å². The summed E-state index contributed by atoms with van der Waals surface area (Å²) in [5.74, 6) is -2.78. The molecule has 14 rings (SSSR count). The van der Waals surface area contributed by atoms with Gasteiger partial charge >= 0.3 is 48.4 Å². The Bertz CT molecular complexity index is 5570. The number of nitrogens with zero attached hydrogens (tertiary/aromatic N) is 12. The number of nitrogens with two attached hydrogens (primary N) is 2. The van der Waals surface area contributed by atoms with Crippen LogP contribution in [0.2, 0.25) is 41.8 Å². The number of halogens is 4. The highest BCUT2D eigenvalue weighted by molar-refractivity contribution is 7.48. The molecule has 0 saturated carbocycles. The van der Waals surface area contributed by atoms with Crippen LogP contribution in [0.1, 0.15) is 129 Å². The van der Waals surface area contributed by atoms with Crippen molar-refractivity contribution in [3.05, 3.63) is 90.8 Å². The minimum Gasteiger partial charge on any atom is -0.418 e.